The summed E-state index contributed by atoms with van der Waals surface area (Å²) < 4.78 is 0. The fourth-order valence-electron chi connectivity index (χ4n) is 4.35. The zero-order valence-corrected chi connectivity index (χ0v) is 18.7. The molecule has 0 bridgehead atoms. The molecule has 3 unspecified atom stereocenters. The molecule has 1 aliphatic carbocycles. The topological polar surface area (TPSA) is 119 Å². The molecule has 3 N–H and O–H groups in total. The van der Waals surface area contributed by atoms with Crippen LogP contribution in [0.4, 0.5) is 4.79 Å². The highest BCUT2D eigenvalue weighted by Gasteiger charge is 2.32. The number of carbonyl (C=O) groups is 4. The SMILES string of the molecule is CC(C(=O)NC1CCCCN(CC(=O)NC2CCCc3ccccc32)C1=O)N(C)C(=O)O. The third kappa shape index (κ3) is 5.57. The van der Waals surface area contributed by atoms with Crippen molar-refractivity contribution in [2.45, 2.75) is 63.6 Å². The lowest BCUT2D eigenvalue weighted by molar-refractivity contribution is -0.139. The molecule has 0 aromatic heterocycles. The van der Waals surface area contributed by atoms with Gasteiger partial charge in [-0.2, -0.15) is 0 Å². The number of amides is 4. The molecular formula is C23H32N4O5. The Bertz CT molecular complexity index is 874. The van der Waals surface area contributed by atoms with Gasteiger partial charge in [-0.05, 0) is 56.6 Å². The molecule has 4 amide bonds. The van der Waals surface area contributed by atoms with E-state index >= 15 is 0 Å². The molecule has 0 saturated carbocycles. The van der Waals surface area contributed by atoms with Gasteiger partial charge < -0.3 is 20.6 Å². The lowest BCUT2D eigenvalue weighted by atomic mass is 9.88. The van der Waals surface area contributed by atoms with E-state index < -0.39 is 24.1 Å². The summed E-state index contributed by atoms with van der Waals surface area (Å²) >= 11 is 0. The number of nitrogens with zero attached hydrogens (tertiary/aromatic N) is 2. The van der Waals surface area contributed by atoms with Crippen molar-refractivity contribution < 1.29 is 24.3 Å². The Morgan fingerprint density at radius 1 is 1.12 bits per heavy atom. The Morgan fingerprint density at radius 2 is 1.84 bits per heavy atom. The molecule has 174 valence electrons. The van der Waals surface area contributed by atoms with Crippen LogP contribution in [-0.2, 0) is 20.8 Å². The molecule has 2 aliphatic rings. The number of benzene rings is 1. The molecule has 3 atom stereocenters. The predicted molar refractivity (Wildman–Crippen MR) is 118 cm³/mol. The summed E-state index contributed by atoms with van der Waals surface area (Å²) in [6.07, 6.45) is 3.58. The number of carbonyl (C=O) groups excluding carboxylic acids is 3. The second-order valence-corrected chi connectivity index (χ2v) is 8.60. The van der Waals surface area contributed by atoms with Crippen LogP contribution >= 0.6 is 0 Å². The molecule has 9 heteroatoms. The minimum Gasteiger partial charge on any atom is -0.465 e. The second-order valence-electron chi connectivity index (χ2n) is 8.60. The largest absolute Gasteiger partial charge is 0.465 e. The average Bonchev–Trinajstić information content (AvgIpc) is 2.94. The number of rotatable bonds is 6. The van der Waals surface area contributed by atoms with Gasteiger partial charge in [0.1, 0.15) is 12.1 Å². The number of nitrogens with one attached hydrogen (secondary N) is 2. The van der Waals surface area contributed by atoms with Crippen LogP contribution in [0.2, 0.25) is 0 Å². The van der Waals surface area contributed by atoms with Crippen LogP contribution in [0.15, 0.2) is 24.3 Å². The molecule has 0 spiro atoms. The highest BCUT2D eigenvalue weighted by atomic mass is 16.4. The lowest BCUT2D eigenvalue weighted by Crippen LogP contribution is -2.54. The number of likely N-dealkylation sites (N-methyl/N-ethyl adjacent to an activating group) is 1. The monoisotopic (exact) mass is 444 g/mol. The molecule has 1 heterocycles. The first kappa shape index (κ1) is 23.6. The van der Waals surface area contributed by atoms with Crippen LogP contribution in [0.1, 0.15) is 56.2 Å². The normalized spacial score (nSPS) is 21.7. The number of carboxylic acid groups (broad SMARTS) is 1. The molecule has 1 aromatic carbocycles. The van der Waals surface area contributed by atoms with Gasteiger partial charge >= 0.3 is 6.09 Å². The van der Waals surface area contributed by atoms with Gasteiger partial charge in [0.15, 0.2) is 0 Å². The minimum absolute atomic E-state index is 0.0579. The van der Waals surface area contributed by atoms with Crippen molar-refractivity contribution in [3.05, 3.63) is 35.4 Å². The summed E-state index contributed by atoms with van der Waals surface area (Å²) in [5.74, 6) is -1.05. The standard InChI is InChI=1S/C23H32N4O5/c1-15(26(2)23(31)32)21(29)25-19-11-5-6-13-27(22(19)30)14-20(28)24-18-12-7-9-16-8-3-4-10-17(16)18/h3-4,8,10,15,18-19H,5-7,9,11-14H2,1-2H3,(H,24,28)(H,25,29)(H,31,32). The predicted octanol–water partition coefficient (Wildman–Crippen LogP) is 1.68. The number of hydrogen-bond donors (Lipinski definition) is 3. The average molecular weight is 445 g/mol. The smallest absolute Gasteiger partial charge is 0.407 e. The molecule has 1 aromatic rings. The first-order valence-electron chi connectivity index (χ1n) is 11.2. The summed E-state index contributed by atoms with van der Waals surface area (Å²) in [6.45, 7) is 1.86. The minimum atomic E-state index is -1.22. The maximum Gasteiger partial charge on any atom is 0.407 e. The van der Waals surface area contributed by atoms with Crippen LogP contribution in [-0.4, -0.2) is 70.9 Å². The second kappa shape index (κ2) is 10.5. The number of aryl methyl sites for hydroxylation is 1. The van der Waals surface area contributed by atoms with Crippen LogP contribution in [0.3, 0.4) is 0 Å². The molecule has 32 heavy (non-hydrogen) atoms. The van der Waals surface area contributed by atoms with Gasteiger partial charge in [0.25, 0.3) is 0 Å². The molecular weight excluding hydrogens is 412 g/mol. The quantitative estimate of drug-likeness (QED) is 0.617. The van der Waals surface area contributed by atoms with Gasteiger partial charge in [-0.25, -0.2) is 4.79 Å². The van der Waals surface area contributed by atoms with Gasteiger partial charge in [-0.15, -0.1) is 0 Å². The molecule has 1 aliphatic heterocycles. The Labute approximate surface area is 188 Å². The van der Waals surface area contributed by atoms with E-state index in [9.17, 15) is 19.2 Å². The van der Waals surface area contributed by atoms with Gasteiger partial charge in [0.2, 0.25) is 17.7 Å². The molecule has 1 saturated heterocycles. The van der Waals surface area contributed by atoms with Crippen LogP contribution < -0.4 is 10.6 Å². The van der Waals surface area contributed by atoms with Gasteiger partial charge in [-0.3, -0.25) is 19.3 Å². The van der Waals surface area contributed by atoms with Crippen LogP contribution in [0.25, 0.3) is 0 Å². The van der Waals surface area contributed by atoms with E-state index in [-0.39, 0.29) is 24.4 Å². The summed E-state index contributed by atoms with van der Waals surface area (Å²) in [5.41, 5.74) is 2.38. The zero-order chi connectivity index (χ0) is 23.3. The maximum atomic E-state index is 13.0. The van der Waals surface area contributed by atoms with E-state index in [4.69, 9.17) is 5.11 Å². The third-order valence-corrected chi connectivity index (χ3v) is 6.40. The van der Waals surface area contributed by atoms with Crippen LogP contribution in [0, 0.1) is 0 Å². The van der Waals surface area contributed by atoms with E-state index in [1.165, 1.54) is 24.4 Å². The lowest BCUT2D eigenvalue weighted by Gasteiger charge is -2.29. The van der Waals surface area contributed by atoms with Gasteiger partial charge in [0, 0.05) is 13.6 Å². The van der Waals surface area contributed by atoms with Crippen molar-refractivity contribution in [1.29, 1.82) is 0 Å². The highest BCUT2D eigenvalue weighted by molar-refractivity contribution is 5.92. The molecule has 9 nitrogen and oxygen atoms in total. The summed E-state index contributed by atoms with van der Waals surface area (Å²) in [6, 6.07) is 6.35. The van der Waals surface area contributed by atoms with Crippen molar-refractivity contribution in [2.75, 3.05) is 20.1 Å². The van der Waals surface area contributed by atoms with E-state index in [1.54, 1.807) is 0 Å². The summed E-state index contributed by atoms with van der Waals surface area (Å²) in [7, 11) is 1.31. The molecule has 3 rings (SSSR count). The summed E-state index contributed by atoms with van der Waals surface area (Å²) in [5, 5.41) is 14.8. The number of likely N-dealkylation sites (tertiary alicyclic amines) is 1. The van der Waals surface area contributed by atoms with Crippen molar-refractivity contribution >= 4 is 23.8 Å². The Morgan fingerprint density at radius 3 is 2.59 bits per heavy atom. The maximum absolute atomic E-state index is 13.0. The van der Waals surface area contributed by atoms with E-state index in [0.717, 1.165) is 42.6 Å². The Hall–Kier alpha value is -3.10. The highest BCUT2D eigenvalue weighted by Crippen LogP contribution is 2.29. The van der Waals surface area contributed by atoms with Crippen molar-refractivity contribution in [1.82, 2.24) is 20.4 Å². The van der Waals surface area contributed by atoms with Crippen molar-refractivity contribution in [2.24, 2.45) is 0 Å². The van der Waals surface area contributed by atoms with Crippen molar-refractivity contribution in [3.63, 3.8) is 0 Å². The third-order valence-electron chi connectivity index (χ3n) is 6.40. The van der Waals surface area contributed by atoms with E-state index in [0.29, 0.717) is 13.0 Å². The van der Waals surface area contributed by atoms with E-state index in [2.05, 4.69) is 16.7 Å². The van der Waals surface area contributed by atoms with Gasteiger partial charge in [-0.1, -0.05) is 24.3 Å². The molecule has 0 radical (unpaired) electrons. The van der Waals surface area contributed by atoms with E-state index in [1.807, 2.05) is 18.2 Å². The first-order valence-corrected chi connectivity index (χ1v) is 11.2. The van der Waals surface area contributed by atoms with Gasteiger partial charge in [0.05, 0.1) is 12.6 Å². The first-order chi connectivity index (χ1) is 15.3. The number of hydrogen-bond acceptors (Lipinski definition) is 4. The number of fused-ring (bicyclic) bond motifs is 1. The van der Waals surface area contributed by atoms with Crippen LogP contribution in [0.5, 0.6) is 0 Å². The Kier molecular flexibility index (Phi) is 7.71. The fraction of sp³-hybridized carbons (Fsp3) is 0.565. The fourth-order valence-corrected chi connectivity index (χ4v) is 4.35. The Balaban J connectivity index is 1.60. The zero-order valence-electron chi connectivity index (χ0n) is 18.7. The molecule has 1 fully saturated rings. The summed E-state index contributed by atoms with van der Waals surface area (Å²) in [4.78, 5) is 51.8. The van der Waals surface area contributed by atoms with Crippen molar-refractivity contribution in [3.8, 4) is 0 Å².